The number of hydrogen-bond donors (Lipinski definition) is 3. The standard InChI is InChI=1S/C32H46N2O6Si/c1-21-28(16-11-23-8-6-9-24(18-23)33-32(38)22(2)36)40-29(19-30(37)34-17-7-10-25(34)20-35)31(21)41(4,5)27-14-12-26(39-3)13-15-27/h6,8-9,12-15,18,21-22,25,28-29,31,35-36H,7,10-11,16-17,19-20H2,1-5H3,(H,33,38)/t21-,22-,25-,28+,29-,31+/m0/s1. The molecule has 2 amide bonds. The van der Waals surface area contributed by atoms with Gasteiger partial charge in [0, 0.05) is 12.2 Å². The molecule has 224 valence electrons. The van der Waals surface area contributed by atoms with Gasteiger partial charge >= 0.3 is 0 Å². The summed E-state index contributed by atoms with van der Waals surface area (Å²) < 4.78 is 12.2. The van der Waals surface area contributed by atoms with Gasteiger partial charge in [-0.05, 0) is 73.9 Å². The van der Waals surface area contributed by atoms with Crippen LogP contribution in [0.5, 0.6) is 5.75 Å². The number of likely N-dealkylation sites (tertiary alicyclic amines) is 1. The SMILES string of the molecule is COc1ccc([Si](C)(C)[C@@H]2[C@@H](C)[C@@H](CCc3cccc(NC(=O)[C@H](C)O)c3)O[C@H]2CC(=O)N2CCC[C@H]2CO)cc1. The quantitative estimate of drug-likeness (QED) is 0.349. The number of amides is 2. The molecule has 0 saturated carbocycles. The van der Waals surface area contributed by atoms with Crippen molar-refractivity contribution in [1.29, 1.82) is 0 Å². The molecule has 0 unspecified atom stereocenters. The molecule has 9 heteroatoms. The fraction of sp³-hybridized carbons (Fsp3) is 0.562. The van der Waals surface area contributed by atoms with E-state index in [0.29, 0.717) is 18.7 Å². The normalized spacial score (nSPS) is 25.2. The summed E-state index contributed by atoms with van der Waals surface area (Å²) in [4.78, 5) is 27.3. The van der Waals surface area contributed by atoms with Gasteiger partial charge in [-0.3, -0.25) is 9.59 Å². The number of rotatable bonds is 11. The Morgan fingerprint density at radius 1 is 1.17 bits per heavy atom. The van der Waals surface area contributed by atoms with Crippen molar-refractivity contribution in [3.63, 3.8) is 0 Å². The van der Waals surface area contributed by atoms with Crippen molar-refractivity contribution in [3.05, 3.63) is 54.1 Å². The highest BCUT2D eigenvalue weighted by atomic mass is 28.3. The van der Waals surface area contributed by atoms with Gasteiger partial charge in [0.2, 0.25) is 5.91 Å². The van der Waals surface area contributed by atoms with Gasteiger partial charge in [0.1, 0.15) is 11.9 Å². The third-order valence-electron chi connectivity index (χ3n) is 9.15. The second-order valence-electron chi connectivity index (χ2n) is 12.2. The van der Waals surface area contributed by atoms with E-state index in [1.807, 2.05) is 41.3 Å². The molecular formula is C32H46N2O6Si. The van der Waals surface area contributed by atoms with Crippen molar-refractivity contribution in [2.45, 2.75) is 88.9 Å². The second kappa shape index (κ2) is 13.5. The first-order chi connectivity index (χ1) is 19.5. The van der Waals surface area contributed by atoms with Gasteiger partial charge in [0.15, 0.2) is 0 Å². The number of carbonyl (C=O) groups excluding carboxylic acids is 2. The zero-order chi connectivity index (χ0) is 29.7. The van der Waals surface area contributed by atoms with Crippen LogP contribution in [0.3, 0.4) is 0 Å². The fourth-order valence-electron chi connectivity index (χ4n) is 6.85. The Morgan fingerprint density at radius 3 is 2.56 bits per heavy atom. The van der Waals surface area contributed by atoms with Crippen LogP contribution in [-0.4, -0.2) is 79.6 Å². The van der Waals surface area contributed by atoms with E-state index >= 15 is 0 Å². The second-order valence-corrected chi connectivity index (χ2v) is 16.9. The summed E-state index contributed by atoms with van der Waals surface area (Å²) in [6.45, 7) is 9.16. The molecule has 2 aliphatic heterocycles. The summed E-state index contributed by atoms with van der Waals surface area (Å²) in [5, 5.41) is 23.4. The van der Waals surface area contributed by atoms with Crippen LogP contribution < -0.4 is 15.2 Å². The molecule has 6 atom stereocenters. The Labute approximate surface area is 245 Å². The third-order valence-corrected chi connectivity index (χ3v) is 13.5. The van der Waals surface area contributed by atoms with E-state index < -0.39 is 20.1 Å². The lowest BCUT2D eigenvalue weighted by Crippen LogP contribution is -2.51. The Bertz CT molecular complexity index is 1190. The van der Waals surface area contributed by atoms with Gasteiger partial charge in [-0.25, -0.2) is 0 Å². The van der Waals surface area contributed by atoms with Gasteiger partial charge in [0.25, 0.3) is 5.91 Å². The van der Waals surface area contributed by atoms with E-state index in [0.717, 1.165) is 37.0 Å². The molecule has 2 aromatic carbocycles. The number of aliphatic hydroxyl groups is 2. The number of benzene rings is 2. The number of ether oxygens (including phenoxy) is 2. The van der Waals surface area contributed by atoms with Crippen LogP contribution in [0.2, 0.25) is 18.6 Å². The van der Waals surface area contributed by atoms with Crippen molar-refractivity contribution in [2.75, 3.05) is 25.6 Å². The van der Waals surface area contributed by atoms with Crippen molar-refractivity contribution < 1.29 is 29.3 Å². The Kier molecular flexibility index (Phi) is 10.3. The summed E-state index contributed by atoms with van der Waals surface area (Å²) in [7, 11) is -0.428. The Morgan fingerprint density at radius 2 is 1.90 bits per heavy atom. The summed E-state index contributed by atoms with van der Waals surface area (Å²) in [6, 6.07) is 16.0. The molecule has 0 spiro atoms. The molecule has 0 aliphatic carbocycles. The Hall–Kier alpha value is -2.72. The maximum Gasteiger partial charge on any atom is 0.252 e. The predicted octanol–water partition coefficient (Wildman–Crippen LogP) is 3.71. The number of carbonyl (C=O) groups is 2. The molecule has 0 bridgehead atoms. The largest absolute Gasteiger partial charge is 0.497 e. The fourth-order valence-corrected chi connectivity index (χ4v) is 10.9. The van der Waals surface area contributed by atoms with Crippen molar-refractivity contribution >= 4 is 30.8 Å². The van der Waals surface area contributed by atoms with E-state index in [1.165, 1.54) is 12.1 Å². The molecule has 41 heavy (non-hydrogen) atoms. The lowest BCUT2D eigenvalue weighted by Gasteiger charge is -2.36. The first-order valence-corrected chi connectivity index (χ1v) is 17.9. The van der Waals surface area contributed by atoms with Crippen LogP contribution in [0.25, 0.3) is 0 Å². The van der Waals surface area contributed by atoms with Gasteiger partial charge < -0.3 is 29.9 Å². The molecule has 2 heterocycles. The van der Waals surface area contributed by atoms with E-state index in [1.54, 1.807) is 7.11 Å². The minimum atomic E-state index is -2.10. The molecule has 4 rings (SSSR count). The lowest BCUT2D eigenvalue weighted by atomic mass is 9.95. The van der Waals surface area contributed by atoms with E-state index in [9.17, 15) is 19.8 Å². The number of aliphatic hydroxyl groups excluding tert-OH is 2. The minimum absolute atomic E-state index is 0.00253. The molecule has 2 aliphatic rings. The molecule has 0 aromatic heterocycles. The molecule has 2 saturated heterocycles. The summed E-state index contributed by atoms with van der Waals surface area (Å²) in [5.41, 5.74) is 1.97. The van der Waals surface area contributed by atoms with E-state index in [-0.39, 0.29) is 42.2 Å². The smallest absolute Gasteiger partial charge is 0.252 e. The Balaban J connectivity index is 1.53. The molecular weight excluding hydrogens is 536 g/mol. The van der Waals surface area contributed by atoms with Gasteiger partial charge in [-0.15, -0.1) is 0 Å². The third kappa shape index (κ3) is 7.20. The van der Waals surface area contributed by atoms with Gasteiger partial charge in [0.05, 0.1) is 46.5 Å². The predicted molar refractivity (Wildman–Crippen MR) is 163 cm³/mol. The molecule has 3 N–H and O–H groups in total. The van der Waals surface area contributed by atoms with Crippen LogP contribution in [0.1, 0.15) is 45.1 Å². The highest BCUT2D eigenvalue weighted by molar-refractivity contribution is 6.91. The first-order valence-electron chi connectivity index (χ1n) is 14.8. The number of nitrogens with one attached hydrogen (secondary N) is 1. The van der Waals surface area contributed by atoms with E-state index in [4.69, 9.17) is 9.47 Å². The summed E-state index contributed by atoms with van der Waals surface area (Å²) in [5.74, 6) is 0.722. The average molecular weight is 583 g/mol. The summed E-state index contributed by atoms with van der Waals surface area (Å²) >= 11 is 0. The van der Waals surface area contributed by atoms with Crippen LogP contribution >= 0.6 is 0 Å². The molecule has 8 nitrogen and oxygen atoms in total. The molecule has 0 radical (unpaired) electrons. The number of hydrogen-bond acceptors (Lipinski definition) is 6. The summed E-state index contributed by atoms with van der Waals surface area (Å²) in [6.07, 6.45) is 2.39. The monoisotopic (exact) mass is 582 g/mol. The van der Waals surface area contributed by atoms with Gasteiger partial charge in [-0.1, -0.05) is 49.5 Å². The van der Waals surface area contributed by atoms with Crippen molar-refractivity contribution in [2.24, 2.45) is 5.92 Å². The number of anilines is 1. The molecule has 2 fully saturated rings. The van der Waals surface area contributed by atoms with Gasteiger partial charge in [-0.2, -0.15) is 0 Å². The van der Waals surface area contributed by atoms with Crippen LogP contribution in [-0.2, 0) is 20.7 Å². The number of nitrogens with zero attached hydrogens (tertiary/aromatic N) is 1. The number of methoxy groups -OCH3 is 1. The van der Waals surface area contributed by atoms with Crippen LogP contribution in [0.4, 0.5) is 5.69 Å². The van der Waals surface area contributed by atoms with Crippen LogP contribution in [0.15, 0.2) is 48.5 Å². The lowest BCUT2D eigenvalue weighted by molar-refractivity contribution is -0.135. The van der Waals surface area contributed by atoms with Crippen molar-refractivity contribution in [1.82, 2.24) is 4.90 Å². The minimum Gasteiger partial charge on any atom is -0.497 e. The maximum absolute atomic E-state index is 13.5. The van der Waals surface area contributed by atoms with Crippen LogP contribution in [0, 0.1) is 5.92 Å². The zero-order valence-electron chi connectivity index (χ0n) is 25.0. The highest BCUT2D eigenvalue weighted by Crippen LogP contribution is 2.46. The van der Waals surface area contributed by atoms with E-state index in [2.05, 4.69) is 37.5 Å². The topological polar surface area (TPSA) is 108 Å². The highest BCUT2D eigenvalue weighted by Gasteiger charge is 2.51. The number of aryl methyl sites for hydroxylation is 1. The van der Waals surface area contributed by atoms with Crippen molar-refractivity contribution in [3.8, 4) is 5.75 Å². The maximum atomic E-state index is 13.5. The zero-order valence-corrected chi connectivity index (χ0v) is 26.0. The average Bonchev–Trinajstić information content (AvgIpc) is 3.56. The first kappa shape index (κ1) is 31.2. The molecule has 2 aromatic rings.